The second-order valence-electron chi connectivity index (χ2n) is 7.02. The second kappa shape index (κ2) is 10.9. The van der Waals surface area contributed by atoms with Gasteiger partial charge < -0.3 is 11.1 Å². The van der Waals surface area contributed by atoms with Crippen molar-refractivity contribution in [1.29, 1.82) is 0 Å². The van der Waals surface area contributed by atoms with Crippen molar-refractivity contribution in [1.82, 2.24) is 5.32 Å². The highest BCUT2D eigenvalue weighted by molar-refractivity contribution is 5.97. The zero-order chi connectivity index (χ0) is 19.1. The zero-order valence-electron chi connectivity index (χ0n) is 16.2. The molecule has 0 heterocycles. The Balaban J connectivity index is 0.00000364. The van der Waals surface area contributed by atoms with Crippen molar-refractivity contribution in [2.45, 2.75) is 45.6 Å². The summed E-state index contributed by atoms with van der Waals surface area (Å²) in [6.07, 6.45) is 0.374. The number of benzene rings is 2. The molecular weight excluding hydrogens is 360 g/mol. The minimum Gasteiger partial charge on any atom is -0.354 e. The number of amides is 1. The number of rotatable bonds is 8. The lowest BCUT2D eigenvalue weighted by Gasteiger charge is -2.14. The predicted molar refractivity (Wildman–Crippen MR) is 112 cm³/mol. The van der Waals surface area contributed by atoms with Gasteiger partial charge in [-0.1, -0.05) is 67.9 Å². The van der Waals surface area contributed by atoms with E-state index in [4.69, 9.17) is 5.73 Å². The number of ketones is 1. The summed E-state index contributed by atoms with van der Waals surface area (Å²) in [5.74, 6) is 0.305. The molecular formula is C22H29ClN2O2. The van der Waals surface area contributed by atoms with Crippen molar-refractivity contribution < 1.29 is 9.59 Å². The number of nitrogens with two attached hydrogens (primary N) is 1. The zero-order valence-corrected chi connectivity index (χ0v) is 17.0. The maximum Gasteiger partial charge on any atom is 0.220 e. The topological polar surface area (TPSA) is 72.2 Å². The fourth-order valence-electron chi connectivity index (χ4n) is 2.67. The average Bonchev–Trinajstić information content (AvgIpc) is 2.64. The molecule has 1 unspecified atom stereocenters. The molecule has 1 atom stereocenters. The maximum absolute atomic E-state index is 12.1. The molecule has 2 aromatic carbocycles. The number of Topliss-reactive ketones (excluding diaryl/α,β-unsaturated/α-hetero) is 1. The van der Waals surface area contributed by atoms with Crippen LogP contribution in [-0.4, -0.2) is 18.2 Å². The van der Waals surface area contributed by atoms with Crippen LogP contribution >= 0.6 is 12.4 Å². The van der Waals surface area contributed by atoms with Crippen LogP contribution in [0.25, 0.3) is 0 Å². The van der Waals surface area contributed by atoms with Gasteiger partial charge >= 0.3 is 0 Å². The average molecular weight is 389 g/mol. The van der Waals surface area contributed by atoms with E-state index in [1.165, 1.54) is 5.56 Å². The number of hydrogen-bond acceptors (Lipinski definition) is 3. The Bertz CT molecular complexity index is 740. The van der Waals surface area contributed by atoms with E-state index in [-0.39, 0.29) is 43.0 Å². The molecule has 0 fully saturated rings. The Morgan fingerprint density at radius 3 is 2.04 bits per heavy atom. The van der Waals surface area contributed by atoms with Crippen molar-refractivity contribution in [3.63, 3.8) is 0 Å². The van der Waals surface area contributed by atoms with Gasteiger partial charge in [-0.3, -0.25) is 9.59 Å². The first-order chi connectivity index (χ1) is 12.4. The smallest absolute Gasteiger partial charge is 0.220 e. The van der Waals surface area contributed by atoms with E-state index in [9.17, 15) is 9.59 Å². The molecule has 0 spiro atoms. The molecule has 0 aliphatic heterocycles. The molecule has 0 aliphatic carbocycles. The fraction of sp³-hybridized carbons (Fsp3) is 0.364. The molecule has 0 aliphatic rings. The molecule has 2 aromatic rings. The molecule has 3 N–H and O–H groups in total. The minimum atomic E-state index is -0.257. The van der Waals surface area contributed by atoms with E-state index in [1.807, 2.05) is 31.2 Å². The van der Waals surface area contributed by atoms with Gasteiger partial charge in [-0.15, -0.1) is 12.4 Å². The lowest BCUT2D eigenvalue weighted by atomic mass is 9.99. The first kappa shape index (κ1) is 22.9. The Kier molecular flexibility index (Phi) is 9.19. The highest BCUT2D eigenvalue weighted by Gasteiger charge is 2.12. The molecule has 0 saturated heterocycles. The molecule has 146 valence electrons. The normalized spacial score (nSPS) is 11.6. The fourth-order valence-corrected chi connectivity index (χ4v) is 2.67. The number of aryl methyl sites for hydroxylation is 1. The summed E-state index contributed by atoms with van der Waals surface area (Å²) in [4.78, 5) is 24.1. The molecule has 5 heteroatoms. The summed E-state index contributed by atoms with van der Waals surface area (Å²) in [7, 11) is 0. The number of halogens is 1. The molecule has 0 aromatic heterocycles. The SMILES string of the molecule is Cc1ccc(C(=O)CCC(=O)NCC(N)c2ccc(C(C)C)cc2)cc1.Cl. The third-order valence-electron chi connectivity index (χ3n) is 4.50. The van der Waals surface area contributed by atoms with Crippen molar-refractivity contribution in [2.24, 2.45) is 5.73 Å². The lowest BCUT2D eigenvalue weighted by molar-refractivity contribution is -0.121. The van der Waals surface area contributed by atoms with Crippen LogP contribution in [0.3, 0.4) is 0 Å². The maximum atomic E-state index is 12.1. The summed E-state index contributed by atoms with van der Waals surface area (Å²) in [5, 5.41) is 2.82. The van der Waals surface area contributed by atoms with Gasteiger partial charge in [0.25, 0.3) is 0 Å². The van der Waals surface area contributed by atoms with Gasteiger partial charge in [-0.05, 0) is 24.0 Å². The van der Waals surface area contributed by atoms with Gasteiger partial charge in [0, 0.05) is 31.0 Å². The Hall–Kier alpha value is -2.17. The van der Waals surface area contributed by atoms with Crippen LogP contribution in [0.4, 0.5) is 0 Å². The minimum absolute atomic E-state index is 0. The van der Waals surface area contributed by atoms with Crippen LogP contribution < -0.4 is 11.1 Å². The highest BCUT2D eigenvalue weighted by atomic mass is 35.5. The third kappa shape index (κ3) is 7.16. The van der Waals surface area contributed by atoms with Crippen molar-refractivity contribution in [2.75, 3.05) is 6.54 Å². The van der Waals surface area contributed by atoms with Crippen molar-refractivity contribution in [3.05, 3.63) is 70.8 Å². The number of carbonyl (C=O) groups excluding carboxylic acids is 2. The van der Waals surface area contributed by atoms with Crippen molar-refractivity contribution in [3.8, 4) is 0 Å². The first-order valence-electron chi connectivity index (χ1n) is 9.09. The predicted octanol–water partition coefficient (Wildman–Crippen LogP) is 4.32. The van der Waals surface area contributed by atoms with Crippen molar-refractivity contribution >= 4 is 24.1 Å². The number of hydrogen-bond donors (Lipinski definition) is 2. The Morgan fingerprint density at radius 2 is 1.48 bits per heavy atom. The summed E-state index contributed by atoms with van der Waals surface area (Å²) in [6.45, 7) is 6.63. The van der Waals surface area contributed by atoms with E-state index in [0.29, 0.717) is 18.0 Å². The van der Waals surface area contributed by atoms with E-state index in [0.717, 1.165) is 11.1 Å². The molecule has 1 amide bonds. The highest BCUT2D eigenvalue weighted by Crippen LogP contribution is 2.17. The van der Waals surface area contributed by atoms with E-state index < -0.39 is 0 Å². The number of nitrogens with one attached hydrogen (secondary N) is 1. The largest absolute Gasteiger partial charge is 0.354 e. The monoisotopic (exact) mass is 388 g/mol. The lowest BCUT2D eigenvalue weighted by Crippen LogP contribution is -2.32. The third-order valence-corrected chi connectivity index (χ3v) is 4.50. The molecule has 0 bridgehead atoms. The Labute approximate surface area is 168 Å². The van der Waals surface area contributed by atoms with Gasteiger partial charge in [-0.25, -0.2) is 0 Å². The van der Waals surface area contributed by atoms with Crippen LogP contribution in [0.1, 0.15) is 65.7 Å². The first-order valence-corrected chi connectivity index (χ1v) is 9.09. The summed E-state index contributed by atoms with van der Waals surface area (Å²) < 4.78 is 0. The van der Waals surface area contributed by atoms with Gasteiger partial charge in [0.15, 0.2) is 5.78 Å². The van der Waals surface area contributed by atoms with E-state index in [2.05, 4.69) is 31.3 Å². The van der Waals surface area contributed by atoms with Gasteiger partial charge in [0.1, 0.15) is 0 Å². The van der Waals surface area contributed by atoms with Gasteiger partial charge in [0.2, 0.25) is 5.91 Å². The standard InChI is InChI=1S/C22H28N2O2.ClH/c1-15(2)17-8-10-18(11-9-17)20(23)14-24-22(26)13-12-21(25)19-6-4-16(3)5-7-19;/h4-11,15,20H,12-14,23H2,1-3H3,(H,24,26);1H. The van der Waals surface area contributed by atoms with E-state index in [1.54, 1.807) is 12.1 Å². The number of carbonyl (C=O) groups is 2. The summed E-state index contributed by atoms with van der Waals surface area (Å²) in [6, 6.07) is 15.3. The molecule has 0 saturated carbocycles. The van der Waals surface area contributed by atoms with E-state index >= 15 is 0 Å². The molecule has 2 rings (SSSR count). The quantitative estimate of drug-likeness (QED) is 0.661. The Morgan fingerprint density at radius 1 is 0.926 bits per heavy atom. The van der Waals surface area contributed by atoms with Crippen LogP contribution in [0.5, 0.6) is 0 Å². The van der Waals surface area contributed by atoms with Crippen LogP contribution in [-0.2, 0) is 4.79 Å². The van der Waals surface area contributed by atoms with Crippen LogP contribution in [0, 0.1) is 6.92 Å². The summed E-state index contributed by atoms with van der Waals surface area (Å²) >= 11 is 0. The molecule has 27 heavy (non-hydrogen) atoms. The van der Waals surface area contributed by atoms with Gasteiger partial charge in [-0.2, -0.15) is 0 Å². The molecule has 0 radical (unpaired) electrons. The van der Waals surface area contributed by atoms with Gasteiger partial charge in [0.05, 0.1) is 0 Å². The van der Waals surface area contributed by atoms with Crippen LogP contribution in [0.2, 0.25) is 0 Å². The molecule has 4 nitrogen and oxygen atoms in total. The second-order valence-corrected chi connectivity index (χ2v) is 7.02. The summed E-state index contributed by atoms with van der Waals surface area (Å²) in [5.41, 5.74) is 10.2. The van der Waals surface area contributed by atoms with Crippen LogP contribution in [0.15, 0.2) is 48.5 Å².